The van der Waals surface area contributed by atoms with Gasteiger partial charge in [-0.2, -0.15) is 4.31 Å². The maximum absolute atomic E-state index is 12.7. The summed E-state index contributed by atoms with van der Waals surface area (Å²) in [6.45, 7) is 4.35. The molecule has 0 aromatic heterocycles. The number of carbonyl (C=O) groups excluding carboxylic acids is 1. The molecule has 0 atom stereocenters. The lowest BCUT2D eigenvalue weighted by Crippen LogP contribution is -2.30. The lowest BCUT2D eigenvalue weighted by Gasteiger charge is -2.19. The molecule has 2 N–H and O–H groups in total. The van der Waals surface area contributed by atoms with Crippen molar-refractivity contribution in [3.05, 3.63) is 78.9 Å². The van der Waals surface area contributed by atoms with Crippen LogP contribution in [0.4, 0.5) is 11.4 Å². The van der Waals surface area contributed by atoms with Crippen molar-refractivity contribution in [3.63, 3.8) is 0 Å². The maximum Gasteiger partial charge on any atom is 0.243 e. The lowest BCUT2D eigenvalue weighted by atomic mass is 10.2. The minimum Gasteiger partial charge on any atom is -0.455 e. The predicted octanol–water partition coefficient (Wildman–Crippen LogP) is 4.56. The van der Waals surface area contributed by atoms with E-state index in [1.807, 2.05) is 42.5 Å². The highest BCUT2D eigenvalue weighted by molar-refractivity contribution is 7.89. The molecule has 0 unspecified atom stereocenters. The Hall–Kier alpha value is -3.36. The van der Waals surface area contributed by atoms with Crippen LogP contribution in [-0.4, -0.2) is 38.3 Å². The Balaban J connectivity index is 1.65. The number of hydrogen-bond acceptors (Lipinski definition) is 5. The van der Waals surface area contributed by atoms with Crippen molar-refractivity contribution in [3.8, 4) is 11.5 Å². The van der Waals surface area contributed by atoms with Crippen molar-refractivity contribution in [2.24, 2.45) is 0 Å². The summed E-state index contributed by atoms with van der Waals surface area (Å²) in [6, 6.07) is 22.9. The summed E-state index contributed by atoms with van der Waals surface area (Å²) in [5.41, 5.74) is 1.09. The van der Waals surface area contributed by atoms with Crippen LogP contribution in [0.15, 0.2) is 83.8 Å². The van der Waals surface area contributed by atoms with E-state index < -0.39 is 10.0 Å². The highest BCUT2D eigenvalue weighted by Crippen LogP contribution is 2.29. The summed E-state index contributed by atoms with van der Waals surface area (Å²) in [7, 11) is -3.57. The SMILES string of the molecule is CCN(CC)S(=O)(=O)c1cccc(NCC(=O)Nc2ccccc2Oc2ccccc2)c1. The molecule has 0 aliphatic carbocycles. The van der Waals surface area contributed by atoms with Crippen LogP contribution in [0.5, 0.6) is 11.5 Å². The molecule has 0 saturated heterocycles. The summed E-state index contributed by atoms with van der Waals surface area (Å²) in [6.07, 6.45) is 0. The minimum absolute atomic E-state index is 0.0333. The molecule has 7 nitrogen and oxygen atoms in total. The Morgan fingerprint density at radius 3 is 2.31 bits per heavy atom. The first-order valence-corrected chi connectivity index (χ1v) is 11.8. The van der Waals surface area contributed by atoms with E-state index in [0.717, 1.165) is 0 Å². The number of sulfonamides is 1. The maximum atomic E-state index is 12.7. The lowest BCUT2D eigenvalue weighted by molar-refractivity contribution is -0.114. The van der Waals surface area contributed by atoms with Crippen molar-refractivity contribution < 1.29 is 17.9 Å². The van der Waals surface area contributed by atoms with Crippen LogP contribution in [0, 0.1) is 0 Å². The molecule has 0 saturated carbocycles. The highest BCUT2D eigenvalue weighted by Gasteiger charge is 2.21. The van der Waals surface area contributed by atoms with Crippen molar-refractivity contribution >= 4 is 27.3 Å². The van der Waals surface area contributed by atoms with Crippen LogP contribution < -0.4 is 15.4 Å². The number of anilines is 2. The smallest absolute Gasteiger partial charge is 0.243 e. The van der Waals surface area contributed by atoms with E-state index in [1.165, 1.54) is 10.4 Å². The number of benzene rings is 3. The van der Waals surface area contributed by atoms with Gasteiger partial charge in [0.05, 0.1) is 17.1 Å². The number of nitrogens with one attached hydrogen (secondary N) is 2. The fourth-order valence-corrected chi connectivity index (χ4v) is 4.63. The number of rotatable bonds is 10. The first-order chi connectivity index (χ1) is 15.4. The molecule has 3 aromatic carbocycles. The van der Waals surface area contributed by atoms with Gasteiger partial charge in [0.25, 0.3) is 0 Å². The average molecular weight is 454 g/mol. The van der Waals surface area contributed by atoms with Gasteiger partial charge >= 0.3 is 0 Å². The third-order valence-electron chi connectivity index (χ3n) is 4.76. The quantitative estimate of drug-likeness (QED) is 0.470. The van der Waals surface area contributed by atoms with E-state index >= 15 is 0 Å². The molecule has 3 rings (SSSR count). The number of ether oxygens (including phenoxy) is 1. The molecule has 0 heterocycles. The Morgan fingerprint density at radius 1 is 0.906 bits per heavy atom. The Morgan fingerprint density at radius 2 is 1.59 bits per heavy atom. The van der Waals surface area contributed by atoms with E-state index in [4.69, 9.17) is 4.74 Å². The summed E-state index contributed by atoms with van der Waals surface area (Å²) in [5.74, 6) is 0.907. The standard InChI is InChI=1S/C24H27N3O4S/c1-3-27(4-2)32(29,30)21-14-10-11-19(17-21)25-18-24(28)26-22-15-8-9-16-23(22)31-20-12-6-5-7-13-20/h5-17,25H,3-4,18H2,1-2H3,(H,26,28). The van der Waals surface area contributed by atoms with Gasteiger partial charge in [-0.25, -0.2) is 8.42 Å². The van der Waals surface area contributed by atoms with Crippen molar-refractivity contribution in [1.82, 2.24) is 4.31 Å². The van der Waals surface area contributed by atoms with Gasteiger partial charge in [-0.15, -0.1) is 0 Å². The van der Waals surface area contributed by atoms with E-state index in [1.54, 1.807) is 44.2 Å². The largest absolute Gasteiger partial charge is 0.455 e. The van der Waals surface area contributed by atoms with E-state index in [-0.39, 0.29) is 17.3 Å². The molecule has 0 aliphatic rings. The van der Waals surface area contributed by atoms with Crippen LogP contribution in [0.2, 0.25) is 0 Å². The number of amides is 1. The number of nitrogens with zero attached hydrogens (tertiary/aromatic N) is 1. The topological polar surface area (TPSA) is 87.7 Å². The monoisotopic (exact) mass is 453 g/mol. The van der Waals surface area contributed by atoms with Crippen LogP contribution in [0.3, 0.4) is 0 Å². The molecule has 168 valence electrons. The molecule has 0 aliphatic heterocycles. The normalized spacial score (nSPS) is 11.2. The van der Waals surface area contributed by atoms with E-state index in [2.05, 4.69) is 10.6 Å². The summed E-state index contributed by atoms with van der Waals surface area (Å²) in [5, 5.41) is 5.81. The zero-order valence-electron chi connectivity index (χ0n) is 18.1. The molecule has 8 heteroatoms. The second-order valence-corrected chi connectivity index (χ2v) is 8.87. The number of carbonyl (C=O) groups is 1. The third-order valence-corrected chi connectivity index (χ3v) is 6.81. The Labute approximate surface area is 189 Å². The molecule has 32 heavy (non-hydrogen) atoms. The van der Waals surface area contributed by atoms with Crippen LogP contribution >= 0.6 is 0 Å². The zero-order valence-corrected chi connectivity index (χ0v) is 18.9. The van der Waals surface area contributed by atoms with Gasteiger partial charge in [-0.3, -0.25) is 4.79 Å². The molecule has 3 aromatic rings. The fraction of sp³-hybridized carbons (Fsp3) is 0.208. The van der Waals surface area contributed by atoms with E-state index in [9.17, 15) is 13.2 Å². The van der Waals surface area contributed by atoms with Gasteiger partial charge in [0.15, 0.2) is 5.75 Å². The number of hydrogen-bond donors (Lipinski definition) is 2. The molecule has 0 fully saturated rings. The average Bonchev–Trinajstić information content (AvgIpc) is 2.80. The summed E-state index contributed by atoms with van der Waals surface area (Å²) >= 11 is 0. The van der Waals surface area contributed by atoms with Gasteiger partial charge in [0, 0.05) is 18.8 Å². The van der Waals surface area contributed by atoms with Crippen LogP contribution in [-0.2, 0) is 14.8 Å². The molecule has 0 radical (unpaired) electrons. The first kappa shape index (κ1) is 23.3. The van der Waals surface area contributed by atoms with Crippen LogP contribution in [0.1, 0.15) is 13.8 Å². The molecule has 1 amide bonds. The highest BCUT2D eigenvalue weighted by atomic mass is 32.2. The summed E-state index contributed by atoms with van der Waals surface area (Å²) in [4.78, 5) is 12.7. The van der Waals surface area contributed by atoms with Crippen LogP contribution in [0.25, 0.3) is 0 Å². The predicted molar refractivity (Wildman–Crippen MR) is 127 cm³/mol. The Bertz CT molecular complexity index is 1150. The number of para-hydroxylation sites is 3. The molecular weight excluding hydrogens is 426 g/mol. The van der Waals surface area contributed by atoms with Crippen molar-refractivity contribution in [2.75, 3.05) is 30.3 Å². The van der Waals surface area contributed by atoms with Gasteiger partial charge in [-0.05, 0) is 42.5 Å². The summed E-state index contributed by atoms with van der Waals surface area (Å²) < 4.78 is 32.7. The Kier molecular flexibility index (Phi) is 7.86. The fourth-order valence-electron chi connectivity index (χ4n) is 3.13. The second-order valence-electron chi connectivity index (χ2n) is 6.93. The van der Waals surface area contributed by atoms with Gasteiger partial charge in [0.1, 0.15) is 5.75 Å². The van der Waals surface area contributed by atoms with Gasteiger partial charge in [0.2, 0.25) is 15.9 Å². The zero-order chi connectivity index (χ0) is 23.0. The first-order valence-electron chi connectivity index (χ1n) is 10.4. The van der Waals surface area contributed by atoms with Gasteiger partial charge < -0.3 is 15.4 Å². The van der Waals surface area contributed by atoms with Crippen molar-refractivity contribution in [2.45, 2.75) is 18.7 Å². The third kappa shape index (κ3) is 5.87. The van der Waals surface area contributed by atoms with Gasteiger partial charge in [-0.1, -0.05) is 50.2 Å². The molecular formula is C24H27N3O4S. The van der Waals surface area contributed by atoms with E-state index in [0.29, 0.717) is 36.0 Å². The molecule has 0 bridgehead atoms. The van der Waals surface area contributed by atoms with Crippen molar-refractivity contribution in [1.29, 1.82) is 0 Å². The molecule has 0 spiro atoms. The minimum atomic E-state index is -3.57. The second kappa shape index (κ2) is 10.8.